The Balaban J connectivity index is 1.35. The summed E-state index contributed by atoms with van der Waals surface area (Å²) in [5.41, 5.74) is 6.87. The van der Waals surface area contributed by atoms with E-state index >= 15 is 0 Å². The van der Waals surface area contributed by atoms with E-state index < -0.39 is 0 Å². The van der Waals surface area contributed by atoms with E-state index in [2.05, 4.69) is 26.3 Å². The zero-order chi connectivity index (χ0) is 25.6. The van der Waals surface area contributed by atoms with Crippen LogP contribution in [0.25, 0.3) is 16.5 Å². The van der Waals surface area contributed by atoms with Crippen molar-refractivity contribution >= 4 is 51.0 Å². The van der Waals surface area contributed by atoms with Crippen LogP contribution >= 0.6 is 12.2 Å². The van der Waals surface area contributed by atoms with E-state index in [1.165, 1.54) is 4.68 Å². The molecular weight excluding hydrogens is 480 g/mol. The first-order valence-corrected chi connectivity index (χ1v) is 12.1. The average molecular weight is 505 g/mol. The maximum atomic E-state index is 13.1. The van der Waals surface area contributed by atoms with Gasteiger partial charge in [0.25, 0.3) is 5.56 Å². The van der Waals surface area contributed by atoms with E-state index in [1.54, 1.807) is 0 Å². The molecule has 0 atom stereocenters. The molecule has 0 fully saturated rings. The quantitative estimate of drug-likeness (QED) is 0.153. The van der Waals surface area contributed by atoms with Crippen LogP contribution in [-0.2, 0) is 0 Å². The molecule has 1 aromatic heterocycles. The summed E-state index contributed by atoms with van der Waals surface area (Å²) >= 11 is 5.32. The molecule has 0 radical (unpaired) electrons. The number of para-hydroxylation sites is 2. The van der Waals surface area contributed by atoms with Crippen LogP contribution in [0.3, 0.4) is 0 Å². The van der Waals surface area contributed by atoms with E-state index in [1.807, 2.05) is 116 Å². The van der Waals surface area contributed by atoms with Gasteiger partial charge in [-0.3, -0.25) is 10.2 Å². The summed E-state index contributed by atoms with van der Waals surface area (Å²) in [6.45, 7) is 1.91. The maximum absolute atomic E-state index is 13.1. The molecule has 0 spiro atoms. The highest BCUT2D eigenvalue weighted by atomic mass is 32.1. The number of hydrazone groups is 1. The lowest BCUT2D eigenvalue weighted by Crippen LogP contribution is -2.24. The summed E-state index contributed by atoms with van der Waals surface area (Å²) in [5, 5.41) is 17.3. The molecular formula is C29H24N6OS. The summed E-state index contributed by atoms with van der Waals surface area (Å²) in [4.78, 5) is 13.1. The first-order chi connectivity index (χ1) is 18.1. The minimum Gasteiger partial charge on any atom is -0.338 e. The second kappa shape index (κ2) is 10.8. The van der Waals surface area contributed by atoms with Crippen LogP contribution in [0.4, 0.5) is 17.2 Å². The van der Waals surface area contributed by atoms with Crippen molar-refractivity contribution in [2.24, 2.45) is 5.10 Å². The molecule has 0 unspecified atom stereocenters. The highest BCUT2D eigenvalue weighted by molar-refractivity contribution is 7.80. The van der Waals surface area contributed by atoms with Crippen molar-refractivity contribution in [2.45, 2.75) is 6.92 Å². The summed E-state index contributed by atoms with van der Waals surface area (Å²) in [6, 6.07) is 34.4. The van der Waals surface area contributed by atoms with Gasteiger partial charge in [0.1, 0.15) is 0 Å². The number of nitrogens with zero attached hydrogens (tertiary/aromatic N) is 3. The number of rotatable bonds is 6. The van der Waals surface area contributed by atoms with Gasteiger partial charge in [0.2, 0.25) is 0 Å². The predicted molar refractivity (Wildman–Crippen MR) is 155 cm³/mol. The number of hydrogen-bond acceptors (Lipinski definition) is 5. The highest BCUT2D eigenvalue weighted by Gasteiger charge is 2.12. The molecule has 7 nitrogen and oxygen atoms in total. The standard InChI is InChI=1S/C29H24N6OS/c1-20(32-33-29(37)31-22-10-4-2-5-11-22)21-16-18-23(19-17-21)30-27-25-14-8-9-15-26(25)28(36)35(34-27)24-12-6-3-7-13-24/h2-19H,1H3,(H,30,34)(H2,31,33,37)/b32-20+. The molecule has 3 N–H and O–H groups in total. The molecule has 0 bridgehead atoms. The third kappa shape index (κ3) is 5.55. The lowest BCUT2D eigenvalue weighted by Gasteiger charge is -2.13. The number of fused-ring (bicyclic) bond motifs is 1. The molecule has 0 aliphatic carbocycles. The van der Waals surface area contributed by atoms with Gasteiger partial charge >= 0.3 is 0 Å². The Bertz CT molecular complexity index is 1630. The minimum atomic E-state index is -0.165. The molecule has 0 aliphatic heterocycles. The molecule has 8 heteroatoms. The Morgan fingerprint density at radius 1 is 0.784 bits per heavy atom. The van der Waals surface area contributed by atoms with E-state index in [0.717, 1.165) is 28.0 Å². The molecule has 4 aromatic carbocycles. The molecule has 0 saturated carbocycles. The number of nitrogens with one attached hydrogen (secondary N) is 3. The van der Waals surface area contributed by atoms with Crippen LogP contribution in [0.2, 0.25) is 0 Å². The van der Waals surface area contributed by atoms with Crippen LogP contribution in [-0.4, -0.2) is 20.6 Å². The summed E-state index contributed by atoms with van der Waals surface area (Å²) < 4.78 is 1.42. The third-order valence-electron chi connectivity index (χ3n) is 5.73. The summed E-state index contributed by atoms with van der Waals surface area (Å²) in [7, 11) is 0. The SMILES string of the molecule is C/C(=N\NC(=S)Nc1ccccc1)c1ccc(Nc2nn(-c3ccccc3)c(=O)c3ccccc23)cc1. The van der Waals surface area contributed by atoms with Crippen LogP contribution < -0.4 is 21.6 Å². The van der Waals surface area contributed by atoms with Crippen molar-refractivity contribution in [3.8, 4) is 5.69 Å². The fraction of sp³-hybridized carbons (Fsp3) is 0.0345. The van der Waals surface area contributed by atoms with Crippen LogP contribution in [0.1, 0.15) is 12.5 Å². The zero-order valence-corrected chi connectivity index (χ0v) is 20.9. The number of aromatic nitrogens is 2. The third-order valence-corrected chi connectivity index (χ3v) is 5.92. The fourth-order valence-corrected chi connectivity index (χ4v) is 4.00. The lowest BCUT2D eigenvalue weighted by atomic mass is 10.1. The van der Waals surface area contributed by atoms with Gasteiger partial charge in [0.05, 0.1) is 16.8 Å². The second-order valence-corrected chi connectivity index (χ2v) is 8.69. The monoisotopic (exact) mass is 504 g/mol. The van der Waals surface area contributed by atoms with Gasteiger partial charge in [-0.2, -0.15) is 9.78 Å². The summed E-state index contributed by atoms with van der Waals surface area (Å²) in [6.07, 6.45) is 0. The van der Waals surface area contributed by atoms with Crippen molar-refractivity contribution in [1.29, 1.82) is 0 Å². The van der Waals surface area contributed by atoms with Gasteiger partial charge < -0.3 is 10.6 Å². The molecule has 5 rings (SSSR count). The van der Waals surface area contributed by atoms with Crippen LogP contribution in [0, 0.1) is 0 Å². The molecule has 182 valence electrons. The van der Waals surface area contributed by atoms with E-state index in [4.69, 9.17) is 12.2 Å². The van der Waals surface area contributed by atoms with Gasteiger partial charge in [0.15, 0.2) is 10.9 Å². The number of hydrogen-bond donors (Lipinski definition) is 3. The van der Waals surface area contributed by atoms with E-state index in [0.29, 0.717) is 22.0 Å². The van der Waals surface area contributed by atoms with Gasteiger partial charge in [0, 0.05) is 16.8 Å². The van der Waals surface area contributed by atoms with Gasteiger partial charge in [-0.15, -0.1) is 5.10 Å². The molecule has 37 heavy (non-hydrogen) atoms. The van der Waals surface area contributed by atoms with Crippen molar-refractivity contribution in [1.82, 2.24) is 15.2 Å². The van der Waals surface area contributed by atoms with E-state index in [9.17, 15) is 4.79 Å². The number of thiocarbonyl (C=S) groups is 1. The smallest absolute Gasteiger partial charge is 0.279 e. The Morgan fingerprint density at radius 3 is 2.11 bits per heavy atom. The molecule has 5 aromatic rings. The average Bonchev–Trinajstić information content (AvgIpc) is 2.95. The lowest BCUT2D eigenvalue weighted by molar-refractivity contribution is 0.826. The normalized spacial score (nSPS) is 11.2. The molecule has 1 heterocycles. The molecule has 0 aliphatic rings. The maximum Gasteiger partial charge on any atom is 0.279 e. The van der Waals surface area contributed by atoms with Gasteiger partial charge in [-0.25, -0.2) is 0 Å². The topological polar surface area (TPSA) is 83.3 Å². The van der Waals surface area contributed by atoms with Crippen LogP contribution in [0.5, 0.6) is 0 Å². The second-order valence-electron chi connectivity index (χ2n) is 8.28. The first kappa shape index (κ1) is 23.9. The first-order valence-electron chi connectivity index (χ1n) is 11.7. The van der Waals surface area contributed by atoms with Crippen molar-refractivity contribution in [3.63, 3.8) is 0 Å². The molecule has 0 saturated heterocycles. The summed E-state index contributed by atoms with van der Waals surface area (Å²) in [5.74, 6) is 0.594. The number of anilines is 3. The Labute approximate surface area is 219 Å². The zero-order valence-electron chi connectivity index (χ0n) is 20.1. The van der Waals surface area contributed by atoms with Gasteiger partial charge in [-0.1, -0.05) is 66.7 Å². The predicted octanol–water partition coefficient (Wildman–Crippen LogP) is 5.84. The number of benzene rings is 4. The Morgan fingerprint density at radius 2 is 1.41 bits per heavy atom. The van der Waals surface area contributed by atoms with Crippen LogP contribution in [0.15, 0.2) is 119 Å². The van der Waals surface area contributed by atoms with Crippen molar-refractivity contribution in [3.05, 3.63) is 125 Å². The Hall–Kier alpha value is -4.82. The van der Waals surface area contributed by atoms with E-state index in [-0.39, 0.29) is 5.56 Å². The van der Waals surface area contributed by atoms with Crippen molar-refractivity contribution < 1.29 is 0 Å². The fourth-order valence-electron chi connectivity index (χ4n) is 3.84. The largest absolute Gasteiger partial charge is 0.338 e. The van der Waals surface area contributed by atoms with Crippen molar-refractivity contribution in [2.75, 3.05) is 10.6 Å². The Kier molecular flexibility index (Phi) is 7.00. The van der Waals surface area contributed by atoms with Gasteiger partial charge in [-0.05, 0) is 67.2 Å². The molecule has 0 amide bonds. The highest BCUT2D eigenvalue weighted by Crippen LogP contribution is 2.23. The minimum absolute atomic E-state index is 0.165.